The molecule has 2 aromatic carbocycles. The smallest absolute Gasteiger partial charge is 0.191 e. The van der Waals surface area contributed by atoms with Gasteiger partial charge in [-0.25, -0.2) is 4.39 Å². The molecule has 2 aromatic rings. The maximum atomic E-state index is 13.6. The predicted octanol–water partition coefficient (Wildman–Crippen LogP) is 3.97. The van der Waals surface area contributed by atoms with Crippen molar-refractivity contribution in [3.05, 3.63) is 71.0 Å². The highest BCUT2D eigenvalue weighted by Crippen LogP contribution is 2.40. The molecule has 24 heavy (non-hydrogen) atoms. The molecule has 0 saturated heterocycles. The van der Waals surface area contributed by atoms with Crippen LogP contribution in [0.25, 0.3) is 0 Å². The molecule has 0 aromatic heterocycles. The Morgan fingerprint density at radius 3 is 2.62 bits per heavy atom. The Balaban J connectivity index is 0.00000208. The van der Waals surface area contributed by atoms with E-state index >= 15 is 0 Å². The molecule has 1 fully saturated rings. The van der Waals surface area contributed by atoms with Gasteiger partial charge in [-0.3, -0.25) is 4.99 Å². The first-order chi connectivity index (χ1) is 11.2. The molecule has 0 heterocycles. The largest absolute Gasteiger partial charge is 0.353 e. The minimum atomic E-state index is -0.168. The molecular formula is C19H23FIN3. The Morgan fingerprint density at radius 2 is 1.96 bits per heavy atom. The van der Waals surface area contributed by atoms with Crippen molar-refractivity contribution in [1.29, 1.82) is 0 Å². The van der Waals surface area contributed by atoms with Crippen LogP contribution in [0.1, 0.15) is 29.0 Å². The number of aryl methyl sites for hydroxylation is 1. The third kappa shape index (κ3) is 4.69. The minimum absolute atomic E-state index is 0. The zero-order valence-electron chi connectivity index (χ0n) is 13.9. The van der Waals surface area contributed by atoms with E-state index < -0.39 is 0 Å². The molecule has 0 radical (unpaired) electrons. The lowest BCUT2D eigenvalue weighted by Gasteiger charge is -2.12. The van der Waals surface area contributed by atoms with Crippen LogP contribution in [0.4, 0.5) is 4.39 Å². The van der Waals surface area contributed by atoms with Crippen LogP contribution in [-0.2, 0) is 6.54 Å². The van der Waals surface area contributed by atoms with Gasteiger partial charge in [0.15, 0.2) is 5.96 Å². The number of aliphatic imine (C=N–C) groups is 1. The Labute approximate surface area is 159 Å². The molecule has 2 N–H and O–H groups in total. The summed E-state index contributed by atoms with van der Waals surface area (Å²) in [6.45, 7) is 2.32. The molecule has 0 aliphatic heterocycles. The quantitative estimate of drug-likeness (QED) is 0.430. The average Bonchev–Trinajstić information content (AvgIpc) is 3.34. The molecule has 1 aliphatic rings. The fourth-order valence-electron chi connectivity index (χ4n) is 2.73. The van der Waals surface area contributed by atoms with Gasteiger partial charge in [0.2, 0.25) is 0 Å². The Hall–Kier alpha value is -1.63. The van der Waals surface area contributed by atoms with Crippen LogP contribution < -0.4 is 10.6 Å². The lowest BCUT2D eigenvalue weighted by Crippen LogP contribution is -2.38. The van der Waals surface area contributed by atoms with Gasteiger partial charge >= 0.3 is 0 Å². The number of guanidine groups is 1. The van der Waals surface area contributed by atoms with Gasteiger partial charge < -0.3 is 10.6 Å². The van der Waals surface area contributed by atoms with Gasteiger partial charge in [-0.1, -0.05) is 42.5 Å². The molecule has 1 saturated carbocycles. The SMILES string of the molecule is CN=C(NCc1ccc(C)c(F)c1)NC1CC1c1ccccc1.I. The van der Waals surface area contributed by atoms with Gasteiger partial charge in [-0.05, 0) is 36.1 Å². The van der Waals surface area contributed by atoms with E-state index in [0.29, 0.717) is 24.1 Å². The third-order valence-electron chi connectivity index (χ3n) is 4.26. The van der Waals surface area contributed by atoms with Crippen LogP contribution in [0.5, 0.6) is 0 Å². The fourth-order valence-corrected chi connectivity index (χ4v) is 2.73. The summed E-state index contributed by atoms with van der Waals surface area (Å²) in [5.74, 6) is 1.14. The van der Waals surface area contributed by atoms with Crippen LogP contribution in [0, 0.1) is 12.7 Å². The molecule has 5 heteroatoms. The van der Waals surface area contributed by atoms with E-state index in [1.165, 1.54) is 5.56 Å². The first-order valence-corrected chi connectivity index (χ1v) is 7.94. The summed E-state index contributed by atoms with van der Waals surface area (Å²) < 4.78 is 13.6. The highest BCUT2D eigenvalue weighted by molar-refractivity contribution is 14.0. The Kier molecular flexibility index (Phi) is 6.60. The monoisotopic (exact) mass is 439 g/mol. The van der Waals surface area contributed by atoms with E-state index in [1.807, 2.05) is 12.1 Å². The highest BCUT2D eigenvalue weighted by Gasteiger charge is 2.38. The zero-order valence-corrected chi connectivity index (χ0v) is 16.3. The Bertz CT molecular complexity index is 703. The summed E-state index contributed by atoms with van der Waals surface area (Å²) in [5.41, 5.74) is 2.94. The van der Waals surface area contributed by atoms with Crippen LogP contribution >= 0.6 is 24.0 Å². The Morgan fingerprint density at radius 1 is 1.21 bits per heavy atom. The van der Waals surface area contributed by atoms with E-state index in [4.69, 9.17) is 0 Å². The lowest BCUT2D eigenvalue weighted by atomic mass is 10.1. The molecule has 0 amide bonds. The summed E-state index contributed by atoms with van der Waals surface area (Å²) in [4.78, 5) is 4.25. The number of rotatable bonds is 4. The second-order valence-electron chi connectivity index (χ2n) is 6.01. The van der Waals surface area contributed by atoms with Crippen molar-refractivity contribution in [2.24, 2.45) is 4.99 Å². The van der Waals surface area contributed by atoms with Crippen molar-refractivity contribution in [3.8, 4) is 0 Å². The summed E-state index contributed by atoms with van der Waals surface area (Å²) in [6.07, 6.45) is 1.11. The van der Waals surface area contributed by atoms with Crippen molar-refractivity contribution < 1.29 is 4.39 Å². The van der Waals surface area contributed by atoms with E-state index in [0.717, 1.165) is 17.9 Å². The molecule has 1 aliphatic carbocycles. The number of benzene rings is 2. The molecule has 0 spiro atoms. The normalized spacial score (nSPS) is 19.4. The van der Waals surface area contributed by atoms with Crippen molar-refractivity contribution in [1.82, 2.24) is 10.6 Å². The third-order valence-corrected chi connectivity index (χ3v) is 4.26. The first-order valence-electron chi connectivity index (χ1n) is 7.94. The van der Waals surface area contributed by atoms with Gasteiger partial charge in [-0.2, -0.15) is 0 Å². The van der Waals surface area contributed by atoms with E-state index in [1.54, 1.807) is 26.1 Å². The van der Waals surface area contributed by atoms with E-state index in [9.17, 15) is 4.39 Å². The van der Waals surface area contributed by atoms with Crippen molar-refractivity contribution in [2.75, 3.05) is 7.05 Å². The second-order valence-corrected chi connectivity index (χ2v) is 6.01. The maximum absolute atomic E-state index is 13.6. The number of hydrogen-bond acceptors (Lipinski definition) is 1. The fraction of sp³-hybridized carbons (Fsp3) is 0.316. The molecule has 0 bridgehead atoms. The second kappa shape index (κ2) is 8.46. The lowest BCUT2D eigenvalue weighted by molar-refractivity contribution is 0.615. The maximum Gasteiger partial charge on any atom is 0.191 e. The van der Waals surface area contributed by atoms with Crippen molar-refractivity contribution in [3.63, 3.8) is 0 Å². The van der Waals surface area contributed by atoms with Crippen molar-refractivity contribution in [2.45, 2.75) is 31.8 Å². The molecule has 128 valence electrons. The number of nitrogens with one attached hydrogen (secondary N) is 2. The molecular weight excluding hydrogens is 416 g/mol. The average molecular weight is 439 g/mol. The number of hydrogen-bond donors (Lipinski definition) is 2. The van der Waals surface area contributed by atoms with Gasteiger partial charge in [0.1, 0.15) is 5.82 Å². The highest BCUT2D eigenvalue weighted by atomic mass is 127. The van der Waals surface area contributed by atoms with Crippen LogP contribution in [0.2, 0.25) is 0 Å². The molecule has 3 rings (SSSR count). The topological polar surface area (TPSA) is 36.4 Å². The number of halogens is 2. The summed E-state index contributed by atoms with van der Waals surface area (Å²) in [6, 6.07) is 16.2. The predicted molar refractivity (Wildman–Crippen MR) is 107 cm³/mol. The first kappa shape index (κ1) is 18.7. The molecule has 3 nitrogen and oxygen atoms in total. The zero-order chi connectivity index (χ0) is 16.2. The summed E-state index contributed by atoms with van der Waals surface area (Å²) >= 11 is 0. The van der Waals surface area contributed by atoms with Gasteiger partial charge in [0.25, 0.3) is 0 Å². The van der Waals surface area contributed by atoms with Crippen LogP contribution in [0.15, 0.2) is 53.5 Å². The van der Waals surface area contributed by atoms with Gasteiger partial charge in [0, 0.05) is 25.6 Å². The van der Waals surface area contributed by atoms with E-state index in [2.05, 4.69) is 39.9 Å². The molecule has 2 unspecified atom stereocenters. The van der Waals surface area contributed by atoms with Crippen LogP contribution in [-0.4, -0.2) is 19.0 Å². The molecule has 2 atom stereocenters. The minimum Gasteiger partial charge on any atom is -0.353 e. The van der Waals surface area contributed by atoms with Gasteiger partial charge in [-0.15, -0.1) is 24.0 Å². The number of nitrogens with zero attached hydrogens (tertiary/aromatic N) is 1. The van der Waals surface area contributed by atoms with E-state index in [-0.39, 0.29) is 29.8 Å². The standard InChI is InChI=1S/C19H22FN3.HI/c1-13-8-9-14(10-17(13)20)12-22-19(21-2)23-18-11-16(18)15-6-4-3-5-7-15;/h3-10,16,18H,11-12H2,1-2H3,(H2,21,22,23);1H. The van der Waals surface area contributed by atoms with Crippen molar-refractivity contribution >= 4 is 29.9 Å². The van der Waals surface area contributed by atoms with Gasteiger partial charge in [0.05, 0.1) is 0 Å². The van der Waals surface area contributed by atoms with Crippen LogP contribution in [0.3, 0.4) is 0 Å². The summed E-state index contributed by atoms with van der Waals surface area (Å²) in [5, 5.41) is 6.68. The summed E-state index contributed by atoms with van der Waals surface area (Å²) in [7, 11) is 1.75.